The number of rotatable bonds is 8. The maximum Gasteiger partial charge on any atom is 0.173 e. The standard InChI is InChI=1S/C52H42N6/c1-2-36-9-15-39(16-10-36)50-44-23-21-42(53-44)33-43-22-24-45(54-43)51(40-17-11-37(12-18-40)34-57-29-5-3-6-30-57)47-26-28-49(56-47)52(48-27-25-46(50)55-48)41-19-13-38(14-20-41)35-58-31-7-4-8-32-58/h3-33,54-55H,2,34-35H2,1H3/q+2. The van der Waals surface area contributed by atoms with Crippen LogP contribution in [-0.4, -0.2) is 19.9 Å². The summed E-state index contributed by atoms with van der Waals surface area (Å²) >= 11 is 0. The molecule has 3 aromatic carbocycles. The van der Waals surface area contributed by atoms with E-state index in [-0.39, 0.29) is 0 Å². The van der Waals surface area contributed by atoms with E-state index in [4.69, 9.17) is 9.97 Å². The molecule has 8 bridgehead atoms. The molecular formula is C52H42N6+2. The number of hydrogen-bond donors (Lipinski definition) is 2. The number of aromatic amines is 2. The Morgan fingerprint density at radius 3 is 1.36 bits per heavy atom. The minimum atomic E-state index is 0.794. The number of aryl methyl sites for hydroxylation is 1. The molecule has 2 N–H and O–H groups in total. The van der Waals surface area contributed by atoms with Crippen molar-refractivity contribution in [1.29, 1.82) is 0 Å². The van der Waals surface area contributed by atoms with Gasteiger partial charge >= 0.3 is 0 Å². The van der Waals surface area contributed by atoms with Gasteiger partial charge in [-0.3, -0.25) is 0 Å². The monoisotopic (exact) mass is 750 g/mol. The van der Waals surface area contributed by atoms with Crippen LogP contribution >= 0.6 is 0 Å². The van der Waals surface area contributed by atoms with Gasteiger partial charge in [0.25, 0.3) is 0 Å². The molecule has 0 atom stereocenters. The van der Waals surface area contributed by atoms with Crippen LogP contribution in [0.15, 0.2) is 164 Å². The van der Waals surface area contributed by atoms with E-state index < -0.39 is 0 Å². The van der Waals surface area contributed by atoms with E-state index in [1.165, 1.54) is 16.7 Å². The van der Waals surface area contributed by atoms with Gasteiger partial charge in [-0.25, -0.2) is 19.1 Å². The number of fused-ring (bicyclic) bond motifs is 8. The van der Waals surface area contributed by atoms with Gasteiger partial charge in [0.15, 0.2) is 37.9 Å². The van der Waals surface area contributed by atoms with Crippen molar-refractivity contribution in [3.8, 4) is 33.4 Å². The van der Waals surface area contributed by atoms with Crippen molar-refractivity contribution in [1.82, 2.24) is 19.9 Å². The van der Waals surface area contributed by atoms with E-state index in [1.54, 1.807) is 0 Å². The number of H-pyrrole nitrogens is 2. The highest BCUT2D eigenvalue weighted by Gasteiger charge is 2.18. The van der Waals surface area contributed by atoms with Gasteiger partial charge in [0, 0.05) is 74.1 Å². The summed E-state index contributed by atoms with van der Waals surface area (Å²) in [4.78, 5) is 18.2. The molecule has 6 heteroatoms. The highest BCUT2D eigenvalue weighted by Crippen LogP contribution is 2.36. The zero-order valence-electron chi connectivity index (χ0n) is 32.3. The maximum absolute atomic E-state index is 5.46. The summed E-state index contributed by atoms with van der Waals surface area (Å²) in [6.45, 7) is 3.78. The minimum Gasteiger partial charge on any atom is -0.355 e. The van der Waals surface area contributed by atoms with Gasteiger partial charge < -0.3 is 9.97 Å². The third-order valence-corrected chi connectivity index (χ3v) is 11.0. The Morgan fingerprint density at radius 2 is 0.862 bits per heavy atom. The minimum absolute atomic E-state index is 0.794. The van der Waals surface area contributed by atoms with Crippen molar-refractivity contribution in [2.75, 3.05) is 0 Å². The quantitative estimate of drug-likeness (QED) is 0.152. The van der Waals surface area contributed by atoms with Crippen molar-refractivity contribution < 1.29 is 9.13 Å². The van der Waals surface area contributed by atoms with Crippen molar-refractivity contribution in [2.45, 2.75) is 26.4 Å². The van der Waals surface area contributed by atoms with Crippen LogP contribution in [0.3, 0.4) is 0 Å². The first-order valence-corrected chi connectivity index (χ1v) is 19.9. The third-order valence-electron chi connectivity index (χ3n) is 11.0. The number of benzene rings is 3. The van der Waals surface area contributed by atoms with Crippen LogP contribution in [0, 0.1) is 0 Å². The summed E-state index contributed by atoms with van der Waals surface area (Å²) in [5.41, 5.74) is 17.8. The third kappa shape index (κ3) is 7.08. The topological polar surface area (TPSA) is 65.1 Å². The summed E-state index contributed by atoms with van der Waals surface area (Å²) in [5.74, 6) is 0. The van der Waals surface area contributed by atoms with Crippen LogP contribution in [0.5, 0.6) is 0 Å². The van der Waals surface area contributed by atoms with E-state index in [0.29, 0.717) is 0 Å². The SMILES string of the molecule is CCc1ccc(-c2c3nc(cc4ccc([nH]4)c(-c4ccc(C[n+]5ccccc5)cc4)c4nc(c(-c5ccc(C[n+]6ccccc6)cc5)c5ccc2[nH]5)C=C4)C=C3)cc1. The van der Waals surface area contributed by atoms with Crippen molar-refractivity contribution in [3.05, 3.63) is 204 Å². The summed E-state index contributed by atoms with van der Waals surface area (Å²) in [5, 5.41) is 0. The molecule has 10 rings (SSSR count). The van der Waals surface area contributed by atoms with E-state index >= 15 is 0 Å². The van der Waals surface area contributed by atoms with Gasteiger partial charge in [-0.05, 0) is 83.3 Å². The van der Waals surface area contributed by atoms with Crippen LogP contribution in [0.4, 0.5) is 0 Å². The lowest BCUT2D eigenvalue weighted by Gasteiger charge is -2.07. The Kier molecular flexibility index (Phi) is 9.20. The molecule has 6 nitrogen and oxygen atoms in total. The zero-order chi connectivity index (χ0) is 38.8. The number of nitrogens with one attached hydrogen (secondary N) is 2. The molecule has 0 spiro atoms. The molecule has 0 unspecified atom stereocenters. The van der Waals surface area contributed by atoms with E-state index in [0.717, 1.165) is 97.7 Å². The lowest BCUT2D eigenvalue weighted by atomic mass is 10.0. The second-order valence-corrected chi connectivity index (χ2v) is 14.9. The normalized spacial score (nSPS) is 11.9. The molecule has 278 valence electrons. The summed E-state index contributed by atoms with van der Waals surface area (Å²) in [7, 11) is 0. The lowest BCUT2D eigenvalue weighted by molar-refractivity contribution is -0.688. The number of hydrogen-bond acceptors (Lipinski definition) is 2. The van der Waals surface area contributed by atoms with Crippen LogP contribution in [0.1, 0.15) is 46.4 Å². The fourth-order valence-corrected chi connectivity index (χ4v) is 8.01. The fraction of sp³-hybridized carbons (Fsp3) is 0.0769. The predicted molar refractivity (Wildman–Crippen MR) is 236 cm³/mol. The molecule has 0 radical (unpaired) electrons. The fourth-order valence-electron chi connectivity index (χ4n) is 8.01. The first-order valence-electron chi connectivity index (χ1n) is 19.9. The van der Waals surface area contributed by atoms with Crippen molar-refractivity contribution in [2.24, 2.45) is 0 Å². The lowest BCUT2D eigenvalue weighted by Crippen LogP contribution is -2.32. The van der Waals surface area contributed by atoms with Gasteiger partial charge in [0.1, 0.15) is 0 Å². The molecule has 2 aliphatic heterocycles. The zero-order valence-corrected chi connectivity index (χ0v) is 32.3. The highest BCUT2D eigenvalue weighted by atomic mass is 14.9. The van der Waals surface area contributed by atoms with Crippen LogP contribution < -0.4 is 9.13 Å². The van der Waals surface area contributed by atoms with E-state index in [2.05, 4.69) is 203 Å². The van der Waals surface area contributed by atoms with E-state index in [9.17, 15) is 0 Å². The molecule has 0 amide bonds. The summed E-state index contributed by atoms with van der Waals surface area (Å²) in [6.07, 6.45) is 17.9. The van der Waals surface area contributed by atoms with Crippen LogP contribution in [0.25, 0.3) is 79.8 Å². The summed E-state index contributed by atoms with van der Waals surface area (Å²) < 4.78 is 4.38. The average molecular weight is 751 g/mol. The van der Waals surface area contributed by atoms with Gasteiger partial charge in [0.05, 0.1) is 22.8 Å². The summed E-state index contributed by atoms with van der Waals surface area (Å²) in [6, 6.07) is 49.7. The van der Waals surface area contributed by atoms with Crippen LogP contribution in [-0.2, 0) is 19.5 Å². The maximum atomic E-state index is 5.46. The molecule has 58 heavy (non-hydrogen) atoms. The molecule has 5 aromatic heterocycles. The second kappa shape index (κ2) is 15.2. The predicted octanol–water partition coefficient (Wildman–Crippen LogP) is 10.9. The van der Waals surface area contributed by atoms with Gasteiger partial charge in [-0.2, -0.15) is 0 Å². The van der Waals surface area contributed by atoms with Crippen LogP contribution in [0.2, 0.25) is 0 Å². The first kappa shape index (κ1) is 35.0. The molecule has 0 saturated carbocycles. The number of nitrogens with zero attached hydrogens (tertiary/aromatic N) is 4. The average Bonchev–Trinajstić information content (AvgIpc) is 4.11. The Bertz CT molecular complexity index is 2990. The van der Waals surface area contributed by atoms with Gasteiger partial charge in [0.2, 0.25) is 0 Å². The van der Waals surface area contributed by atoms with Gasteiger partial charge in [-0.1, -0.05) is 91.9 Å². The molecule has 0 fully saturated rings. The smallest absolute Gasteiger partial charge is 0.173 e. The number of aromatic nitrogens is 6. The Balaban J connectivity index is 1.20. The Morgan fingerprint density at radius 1 is 0.431 bits per heavy atom. The largest absolute Gasteiger partial charge is 0.355 e. The Labute approximate surface area is 337 Å². The molecule has 0 aliphatic carbocycles. The number of pyridine rings is 2. The molecule has 8 aromatic rings. The molecule has 2 aliphatic rings. The molecular weight excluding hydrogens is 709 g/mol. The van der Waals surface area contributed by atoms with E-state index in [1.807, 2.05) is 12.1 Å². The molecule has 7 heterocycles. The van der Waals surface area contributed by atoms with Crippen molar-refractivity contribution >= 4 is 46.4 Å². The molecule has 0 saturated heterocycles. The Hall–Kier alpha value is -7.44. The second-order valence-electron chi connectivity index (χ2n) is 14.9. The highest BCUT2D eigenvalue weighted by molar-refractivity contribution is 5.97. The van der Waals surface area contributed by atoms with Gasteiger partial charge in [-0.15, -0.1) is 0 Å². The first-order chi connectivity index (χ1) is 28.6. The van der Waals surface area contributed by atoms with Crippen molar-refractivity contribution in [3.63, 3.8) is 0 Å².